The fourth-order valence-electron chi connectivity index (χ4n) is 1.37. The first-order valence-electron chi connectivity index (χ1n) is 5.08. The molecule has 0 aliphatic carbocycles. The van der Waals surface area contributed by atoms with Crippen LogP contribution in [0.15, 0.2) is 24.7 Å². The molecule has 0 spiro atoms. The van der Waals surface area contributed by atoms with Gasteiger partial charge >= 0.3 is 0 Å². The van der Waals surface area contributed by atoms with E-state index in [-0.39, 0.29) is 5.95 Å². The molecule has 0 saturated heterocycles. The maximum absolute atomic E-state index is 5.94. The monoisotopic (exact) mass is 249 g/mol. The smallest absolute Gasteiger partial charge is 0.222 e. The van der Waals surface area contributed by atoms with Crippen LogP contribution in [0.1, 0.15) is 11.1 Å². The van der Waals surface area contributed by atoms with Crippen LogP contribution < -0.4 is 11.1 Å². The summed E-state index contributed by atoms with van der Waals surface area (Å²) in [5, 5.41) is 3.55. The van der Waals surface area contributed by atoms with Gasteiger partial charge in [-0.15, -0.1) is 0 Å². The van der Waals surface area contributed by atoms with Crippen molar-refractivity contribution in [2.45, 2.75) is 13.5 Å². The van der Waals surface area contributed by atoms with Crippen molar-refractivity contribution >= 4 is 23.4 Å². The Kier molecular flexibility index (Phi) is 3.39. The fourth-order valence-corrected chi connectivity index (χ4v) is 1.52. The van der Waals surface area contributed by atoms with E-state index in [1.54, 1.807) is 12.4 Å². The second-order valence-corrected chi connectivity index (χ2v) is 3.99. The minimum Gasteiger partial charge on any atom is -0.368 e. The van der Waals surface area contributed by atoms with Gasteiger partial charge in [0.1, 0.15) is 5.02 Å². The molecule has 0 unspecified atom stereocenters. The highest BCUT2D eigenvalue weighted by atomic mass is 35.5. The van der Waals surface area contributed by atoms with Gasteiger partial charge in [0, 0.05) is 18.9 Å². The third kappa shape index (κ3) is 2.82. The van der Waals surface area contributed by atoms with Crippen molar-refractivity contribution in [3.05, 3.63) is 40.8 Å². The molecule has 0 fully saturated rings. The first-order valence-corrected chi connectivity index (χ1v) is 5.46. The van der Waals surface area contributed by atoms with Crippen LogP contribution >= 0.6 is 11.6 Å². The van der Waals surface area contributed by atoms with E-state index in [0.29, 0.717) is 17.4 Å². The van der Waals surface area contributed by atoms with Crippen LogP contribution in [0, 0.1) is 6.92 Å². The van der Waals surface area contributed by atoms with Crippen molar-refractivity contribution in [2.24, 2.45) is 0 Å². The van der Waals surface area contributed by atoms with Gasteiger partial charge < -0.3 is 11.1 Å². The minimum absolute atomic E-state index is 0.194. The third-order valence-electron chi connectivity index (χ3n) is 2.36. The van der Waals surface area contributed by atoms with Gasteiger partial charge in [-0.3, -0.25) is 4.98 Å². The number of anilines is 2. The number of nitrogens with zero attached hydrogens (tertiary/aromatic N) is 3. The number of hydrogen-bond donors (Lipinski definition) is 2. The van der Waals surface area contributed by atoms with E-state index in [2.05, 4.69) is 20.3 Å². The van der Waals surface area contributed by atoms with Crippen LogP contribution in [0.2, 0.25) is 5.02 Å². The number of hydrogen-bond acceptors (Lipinski definition) is 5. The van der Waals surface area contributed by atoms with E-state index in [1.807, 2.05) is 13.0 Å². The van der Waals surface area contributed by atoms with Gasteiger partial charge in [-0.05, 0) is 24.1 Å². The Morgan fingerprint density at radius 2 is 2.24 bits per heavy atom. The molecular weight excluding hydrogens is 238 g/mol. The SMILES string of the molecule is Cc1ccncc1CNc1nc(N)ncc1Cl. The summed E-state index contributed by atoms with van der Waals surface area (Å²) >= 11 is 5.94. The number of aryl methyl sites for hydroxylation is 1. The average Bonchev–Trinajstić information content (AvgIpc) is 2.32. The summed E-state index contributed by atoms with van der Waals surface area (Å²) in [6.07, 6.45) is 5.04. The Bertz CT molecular complexity index is 529. The van der Waals surface area contributed by atoms with Crippen LogP contribution in [0.3, 0.4) is 0 Å². The Morgan fingerprint density at radius 1 is 1.41 bits per heavy atom. The van der Waals surface area contributed by atoms with Crippen molar-refractivity contribution in [3.63, 3.8) is 0 Å². The summed E-state index contributed by atoms with van der Waals surface area (Å²) in [6.45, 7) is 2.62. The van der Waals surface area contributed by atoms with Crippen molar-refractivity contribution < 1.29 is 0 Å². The molecule has 6 heteroatoms. The van der Waals surface area contributed by atoms with E-state index >= 15 is 0 Å². The van der Waals surface area contributed by atoms with Gasteiger partial charge in [-0.25, -0.2) is 4.98 Å². The number of aromatic nitrogens is 3. The first-order chi connectivity index (χ1) is 8.16. The molecule has 17 heavy (non-hydrogen) atoms. The molecule has 0 aliphatic rings. The van der Waals surface area contributed by atoms with Gasteiger partial charge in [0.05, 0.1) is 6.20 Å². The zero-order chi connectivity index (χ0) is 12.3. The predicted octanol–water partition coefficient (Wildman–Crippen LogP) is 2.03. The highest BCUT2D eigenvalue weighted by molar-refractivity contribution is 6.32. The van der Waals surface area contributed by atoms with Gasteiger partial charge in [-0.2, -0.15) is 4.98 Å². The van der Waals surface area contributed by atoms with Crippen LogP contribution in [-0.4, -0.2) is 15.0 Å². The molecule has 3 N–H and O–H groups in total. The lowest BCUT2D eigenvalue weighted by Gasteiger charge is -2.09. The summed E-state index contributed by atoms with van der Waals surface area (Å²) in [6, 6.07) is 1.95. The summed E-state index contributed by atoms with van der Waals surface area (Å²) in [7, 11) is 0. The maximum atomic E-state index is 5.94. The van der Waals surface area contributed by atoms with Crippen LogP contribution in [0.25, 0.3) is 0 Å². The van der Waals surface area contributed by atoms with Crippen molar-refractivity contribution in [2.75, 3.05) is 11.1 Å². The first kappa shape index (κ1) is 11.6. The number of nitrogens with one attached hydrogen (secondary N) is 1. The standard InChI is InChI=1S/C11H12ClN5/c1-7-2-3-14-4-8(7)5-15-10-9(12)6-16-11(13)17-10/h2-4,6H,5H2,1H3,(H3,13,15,16,17). The molecule has 0 radical (unpaired) electrons. The highest BCUT2D eigenvalue weighted by Crippen LogP contribution is 2.19. The predicted molar refractivity (Wildman–Crippen MR) is 67.8 cm³/mol. The summed E-state index contributed by atoms with van der Waals surface area (Å²) in [5.41, 5.74) is 7.74. The number of halogens is 1. The molecule has 0 amide bonds. The fraction of sp³-hybridized carbons (Fsp3) is 0.182. The Labute approximate surface area is 104 Å². The normalized spacial score (nSPS) is 10.2. The van der Waals surface area contributed by atoms with E-state index in [9.17, 15) is 0 Å². The number of rotatable bonds is 3. The third-order valence-corrected chi connectivity index (χ3v) is 2.63. The summed E-state index contributed by atoms with van der Waals surface area (Å²) < 4.78 is 0. The van der Waals surface area contributed by atoms with Gasteiger partial charge in [0.15, 0.2) is 5.82 Å². The maximum Gasteiger partial charge on any atom is 0.222 e. The molecule has 0 saturated carbocycles. The van der Waals surface area contributed by atoms with Gasteiger partial charge in [-0.1, -0.05) is 11.6 Å². The van der Waals surface area contributed by atoms with Gasteiger partial charge in [0.2, 0.25) is 5.95 Å². The number of nitrogens with two attached hydrogens (primary N) is 1. The highest BCUT2D eigenvalue weighted by Gasteiger charge is 2.04. The van der Waals surface area contributed by atoms with E-state index in [4.69, 9.17) is 17.3 Å². The molecule has 88 valence electrons. The average molecular weight is 250 g/mol. The zero-order valence-corrected chi connectivity index (χ0v) is 10.1. The molecule has 5 nitrogen and oxygen atoms in total. The number of pyridine rings is 1. The van der Waals surface area contributed by atoms with E-state index in [0.717, 1.165) is 11.1 Å². The zero-order valence-electron chi connectivity index (χ0n) is 9.31. The Hall–Kier alpha value is -1.88. The summed E-state index contributed by atoms with van der Waals surface area (Å²) in [4.78, 5) is 11.9. The molecule has 2 aromatic rings. The quantitative estimate of drug-likeness (QED) is 0.870. The second-order valence-electron chi connectivity index (χ2n) is 3.58. The Balaban J connectivity index is 2.12. The molecule has 0 aromatic carbocycles. The molecule has 0 atom stereocenters. The van der Waals surface area contributed by atoms with Crippen molar-refractivity contribution in [1.82, 2.24) is 15.0 Å². The molecule has 2 rings (SSSR count). The topological polar surface area (TPSA) is 76.7 Å². The summed E-state index contributed by atoms with van der Waals surface area (Å²) in [5.74, 6) is 0.724. The van der Waals surface area contributed by atoms with E-state index < -0.39 is 0 Å². The van der Waals surface area contributed by atoms with Crippen molar-refractivity contribution in [3.8, 4) is 0 Å². The molecular formula is C11H12ClN5. The van der Waals surface area contributed by atoms with Crippen LogP contribution in [0.5, 0.6) is 0 Å². The van der Waals surface area contributed by atoms with Crippen molar-refractivity contribution in [1.29, 1.82) is 0 Å². The molecule has 2 heterocycles. The second kappa shape index (κ2) is 4.97. The Morgan fingerprint density at radius 3 is 3.00 bits per heavy atom. The molecule has 0 aliphatic heterocycles. The molecule has 0 bridgehead atoms. The molecule has 2 aromatic heterocycles. The van der Waals surface area contributed by atoms with Crippen LogP contribution in [-0.2, 0) is 6.54 Å². The lowest BCUT2D eigenvalue weighted by Crippen LogP contribution is -2.06. The lowest BCUT2D eigenvalue weighted by molar-refractivity contribution is 1.05. The van der Waals surface area contributed by atoms with Crippen LogP contribution in [0.4, 0.5) is 11.8 Å². The lowest BCUT2D eigenvalue weighted by atomic mass is 10.1. The number of nitrogen functional groups attached to an aromatic ring is 1. The van der Waals surface area contributed by atoms with Gasteiger partial charge in [0.25, 0.3) is 0 Å². The largest absolute Gasteiger partial charge is 0.368 e. The minimum atomic E-state index is 0.194. The van der Waals surface area contributed by atoms with E-state index in [1.165, 1.54) is 6.20 Å².